The molecule has 23 heavy (non-hydrogen) atoms. The summed E-state index contributed by atoms with van der Waals surface area (Å²) in [4.78, 5) is 16.0. The summed E-state index contributed by atoms with van der Waals surface area (Å²) in [5.74, 6) is 0.0544. The summed E-state index contributed by atoms with van der Waals surface area (Å²) >= 11 is 0. The normalized spacial score (nSPS) is 16.8. The highest BCUT2D eigenvalue weighted by molar-refractivity contribution is 5.94. The number of benzene rings is 1. The number of rotatable bonds is 4. The summed E-state index contributed by atoms with van der Waals surface area (Å²) in [5.41, 5.74) is 1.95. The molecule has 1 aromatic heterocycles. The van der Waals surface area contributed by atoms with Gasteiger partial charge in [0.1, 0.15) is 12.7 Å². The predicted molar refractivity (Wildman–Crippen MR) is 94.3 cm³/mol. The lowest BCUT2D eigenvalue weighted by Crippen LogP contribution is -2.43. The monoisotopic (exact) mass is 357 g/mol. The summed E-state index contributed by atoms with van der Waals surface area (Å²) in [5, 5.41) is 10.3. The number of carbonyl (C=O) groups is 1. The molecule has 0 spiro atoms. The number of nitrogens with one attached hydrogen (secondary N) is 2. The summed E-state index contributed by atoms with van der Waals surface area (Å²) in [7, 11) is 0. The van der Waals surface area contributed by atoms with Crippen LogP contribution in [0.4, 0.5) is 5.69 Å². The predicted octanol–water partition coefficient (Wildman–Crippen LogP) is 2.25. The Labute approximate surface area is 147 Å². The number of anilines is 1. The minimum absolute atomic E-state index is 0. The van der Waals surface area contributed by atoms with Crippen LogP contribution in [0.1, 0.15) is 24.8 Å². The number of halogens is 2. The molecule has 1 aliphatic heterocycles. The van der Waals surface area contributed by atoms with E-state index in [1.807, 2.05) is 24.3 Å². The van der Waals surface area contributed by atoms with Crippen molar-refractivity contribution in [3.63, 3.8) is 0 Å². The molecular formula is C15H21Cl2N5O. The molecule has 0 bridgehead atoms. The first-order valence-corrected chi connectivity index (χ1v) is 7.27. The van der Waals surface area contributed by atoms with Gasteiger partial charge < -0.3 is 10.6 Å². The third-order valence-corrected chi connectivity index (χ3v) is 3.66. The van der Waals surface area contributed by atoms with Crippen molar-refractivity contribution in [3.8, 4) is 0 Å². The molecule has 1 atom stereocenters. The maximum atomic E-state index is 12.1. The first-order chi connectivity index (χ1) is 10.3. The van der Waals surface area contributed by atoms with Gasteiger partial charge in [0.2, 0.25) is 5.91 Å². The number of nitrogens with zero attached hydrogens (tertiary/aromatic N) is 3. The van der Waals surface area contributed by atoms with E-state index in [9.17, 15) is 4.79 Å². The van der Waals surface area contributed by atoms with Crippen LogP contribution in [0.25, 0.3) is 0 Å². The minimum Gasteiger partial charge on any atom is -0.325 e. The first kappa shape index (κ1) is 19.4. The molecule has 1 amide bonds. The highest BCUT2D eigenvalue weighted by Crippen LogP contribution is 2.13. The van der Waals surface area contributed by atoms with Gasteiger partial charge in [0, 0.05) is 5.69 Å². The third-order valence-electron chi connectivity index (χ3n) is 3.66. The average Bonchev–Trinajstić information content (AvgIpc) is 3.03. The van der Waals surface area contributed by atoms with Crippen LogP contribution in [-0.4, -0.2) is 33.3 Å². The molecule has 1 saturated heterocycles. The van der Waals surface area contributed by atoms with E-state index in [1.165, 1.54) is 6.33 Å². The van der Waals surface area contributed by atoms with Crippen LogP contribution in [0, 0.1) is 0 Å². The van der Waals surface area contributed by atoms with Crippen molar-refractivity contribution in [1.82, 2.24) is 20.1 Å². The molecular weight excluding hydrogens is 337 g/mol. The van der Waals surface area contributed by atoms with Crippen molar-refractivity contribution in [2.75, 3.05) is 11.9 Å². The molecule has 0 saturated carbocycles. The molecule has 2 heterocycles. The third kappa shape index (κ3) is 5.49. The Hall–Kier alpha value is -1.63. The second-order valence-electron chi connectivity index (χ2n) is 5.28. The van der Waals surface area contributed by atoms with Gasteiger partial charge >= 0.3 is 0 Å². The summed E-state index contributed by atoms with van der Waals surface area (Å²) < 4.78 is 1.76. The lowest BCUT2D eigenvalue weighted by molar-refractivity contribution is -0.118. The van der Waals surface area contributed by atoms with E-state index in [4.69, 9.17) is 0 Å². The molecule has 1 fully saturated rings. The smallest absolute Gasteiger partial charge is 0.241 e. The van der Waals surface area contributed by atoms with Crippen molar-refractivity contribution in [3.05, 3.63) is 42.5 Å². The van der Waals surface area contributed by atoms with Gasteiger partial charge in [-0.3, -0.25) is 4.79 Å². The molecule has 2 N–H and O–H groups in total. The number of carbonyl (C=O) groups excluding carboxylic acids is 1. The van der Waals surface area contributed by atoms with Gasteiger partial charge in [-0.15, -0.1) is 24.8 Å². The van der Waals surface area contributed by atoms with Crippen LogP contribution < -0.4 is 10.6 Å². The molecule has 6 nitrogen and oxygen atoms in total. The Balaban J connectivity index is 0.00000132. The van der Waals surface area contributed by atoms with E-state index in [1.54, 1.807) is 11.0 Å². The standard InChI is InChI=1S/C15H19N5O.2ClH/c21-15(14-3-1-2-8-17-14)19-13-6-4-12(5-7-13)9-20-11-16-10-18-20;;/h4-7,10-11,14,17H,1-3,8-9H2,(H,19,21);2*1H/t14-;;/m1../s1. The van der Waals surface area contributed by atoms with E-state index in [-0.39, 0.29) is 36.8 Å². The topological polar surface area (TPSA) is 71.8 Å². The van der Waals surface area contributed by atoms with E-state index in [2.05, 4.69) is 20.7 Å². The van der Waals surface area contributed by atoms with Gasteiger partial charge in [-0.25, -0.2) is 9.67 Å². The molecule has 126 valence electrons. The molecule has 2 aromatic rings. The molecule has 1 aromatic carbocycles. The molecule has 8 heteroatoms. The number of piperidine rings is 1. The Bertz CT molecular complexity index is 582. The Morgan fingerprint density at radius 1 is 1.26 bits per heavy atom. The van der Waals surface area contributed by atoms with Crippen molar-refractivity contribution in [1.29, 1.82) is 0 Å². The van der Waals surface area contributed by atoms with E-state index in [0.29, 0.717) is 6.54 Å². The van der Waals surface area contributed by atoms with E-state index in [0.717, 1.165) is 37.1 Å². The second-order valence-corrected chi connectivity index (χ2v) is 5.28. The second kappa shape index (κ2) is 9.50. The lowest BCUT2D eigenvalue weighted by atomic mass is 10.0. The highest BCUT2D eigenvalue weighted by atomic mass is 35.5. The van der Waals surface area contributed by atoms with Crippen molar-refractivity contribution in [2.24, 2.45) is 0 Å². The lowest BCUT2D eigenvalue weighted by Gasteiger charge is -2.22. The van der Waals surface area contributed by atoms with Gasteiger partial charge in [-0.05, 0) is 37.1 Å². The number of hydrogen-bond donors (Lipinski definition) is 2. The number of hydrogen-bond acceptors (Lipinski definition) is 4. The quantitative estimate of drug-likeness (QED) is 0.880. The fourth-order valence-electron chi connectivity index (χ4n) is 2.50. The largest absolute Gasteiger partial charge is 0.325 e. The fourth-order valence-corrected chi connectivity index (χ4v) is 2.50. The Morgan fingerprint density at radius 3 is 2.65 bits per heavy atom. The van der Waals surface area contributed by atoms with Gasteiger partial charge in [-0.2, -0.15) is 5.10 Å². The van der Waals surface area contributed by atoms with Crippen LogP contribution in [0.3, 0.4) is 0 Å². The summed E-state index contributed by atoms with van der Waals surface area (Å²) in [6, 6.07) is 7.77. The number of amides is 1. The summed E-state index contributed by atoms with van der Waals surface area (Å²) in [6.45, 7) is 1.60. The van der Waals surface area contributed by atoms with Gasteiger partial charge in [-0.1, -0.05) is 18.6 Å². The van der Waals surface area contributed by atoms with Crippen molar-refractivity contribution in [2.45, 2.75) is 31.8 Å². The highest BCUT2D eigenvalue weighted by Gasteiger charge is 2.20. The fraction of sp³-hybridized carbons (Fsp3) is 0.400. The zero-order chi connectivity index (χ0) is 14.5. The maximum Gasteiger partial charge on any atom is 0.241 e. The molecule has 0 aliphatic carbocycles. The van der Waals surface area contributed by atoms with E-state index >= 15 is 0 Å². The minimum atomic E-state index is -0.0615. The SMILES string of the molecule is Cl.Cl.O=C(Nc1ccc(Cn2cncn2)cc1)[C@H]1CCCCN1. The van der Waals surface area contributed by atoms with Crippen LogP contribution in [0.15, 0.2) is 36.9 Å². The van der Waals surface area contributed by atoms with Crippen LogP contribution in [0.2, 0.25) is 0 Å². The van der Waals surface area contributed by atoms with Crippen molar-refractivity contribution >= 4 is 36.4 Å². The van der Waals surface area contributed by atoms with E-state index < -0.39 is 0 Å². The van der Waals surface area contributed by atoms with Gasteiger partial charge in [0.25, 0.3) is 0 Å². The summed E-state index contributed by atoms with van der Waals surface area (Å²) in [6.07, 6.45) is 6.38. The molecule has 1 aliphatic rings. The Kier molecular flexibility index (Phi) is 8.02. The average molecular weight is 358 g/mol. The maximum absolute atomic E-state index is 12.1. The zero-order valence-electron chi connectivity index (χ0n) is 12.6. The van der Waals surface area contributed by atoms with Crippen LogP contribution in [-0.2, 0) is 11.3 Å². The first-order valence-electron chi connectivity index (χ1n) is 7.27. The van der Waals surface area contributed by atoms with Gasteiger partial charge in [0.05, 0.1) is 12.6 Å². The number of aromatic nitrogens is 3. The molecule has 0 unspecified atom stereocenters. The van der Waals surface area contributed by atoms with Crippen LogP contribution >= 0.6 is 24.8 Å². The van der Waals surface area contributed by atoms with Crippen molar-refractivity contribution < 1.29 is 4.79 Å². The zero-order valence-corrected chi connectivity index (χ0v) is 14.3. The molecule has 0 radical (unpaired) electrons. The Morgan fingerprint density at radius 2 is 2.04 bits per heavy atom. The van der Waals surface area contributed by atoms with Crippen LogP contribution in [0.5, 0.6) is 0 Å². The molecule has 3 rings (SSSR count). The van der Waals surface area contributed by atoms with Gasteiger partial charge in [0.15, 0.2) is 0 Å².